The van der Waals surface area contributed by atoms with Crippen LogP contribution in [-0.4, -0.2) is 37.9 Å². The molecule has 0 aromatic heterocycles. The Morgan fingerprint density at radius 2 is 1.92 bits per heavy atom. The molecule has 1 aliphatic rings. The fourth-order valence-electron chi connectivity index (χ4n) is 2.61. The molecule has 2 aromatic rings. The molecule has 1 aliphatic heterocycles. The van der Waals surface area contributed by atoms with Crippen LogP contribution in [0.1, 0.15) is 5.56 Å². The number of nitro groups is 1. The SMILES string of the molecule is O=[N+]([O-])c1ccccc1S(=O)(=O)N[C@@H](CO)Cc1ccc2c(c1)OCO2. The predicted octanol–water partition coefficient (Wildman–Crippen LogP) is 1.21. The Morgan fingerprint density at radius 3 is 2.65 bits per heavy atom. The van der Waals surface area contributed by atoms with Crippen LogP contribution in [0, 0.1) is 10.1 Å². The molecule has 2 aromatic carbocycles. The van der Waals surface area contributed by atoms with Gasteiger partial charge in [-0.3, -0.25) is 10.1 Å². The topological polar surface area (TPSA) is 128 Å². The van der Waals surface area contributed by atoms with E-state index in [1.54, 1.807) is 18.2 Å². The van der Waals surface area contributed by atoms with Crippen molar-refractivity contribution in [2.45, 2.75) is 17.4 Å². The van der Waals surface area contributed by atoms with Crippen LogP contribution in [0.15, 0.2) is 47.4 Å². The first-order valence-electron chi connectivity index (χ1n) is 7.66. The van der Waals surface area contributed by atoms with E-state index in [2.05, 4.69) is 4.72 Å². The van der Waals surface area contributed by atoms with Crippen LogP contribution in [0.3, 0.4) is 0 Å². The number of hydrogen-bond donors (Lipinski definition) is 2. The van der Waals surface area contributed by atoms with Gasteiger partial charge >= 0.3 is 0 Å². The zero-order valence-corrected chi connectivity index (χ0v) is 14.3. The summed E-state index contributed by atoms with van der Waals surface area (Å²) in [5.74, 6) is 1.13. The van der Waals surface area contributed by atoms with Crippen molar-refractivity contribution in [3.05, 3.63) is 58.1 Å². The lowest BCUT2D eigenvalue weighted by Gasteiger charge is -2.17. The highest BCUT2D eigenvalue weighted by atomic mass is 32.2. The van der Waals surface area contributed by atoms with Crippen molar-refractivity contribution in [2.24, 2.45) is 0 Å². The van der Waals surface area contributed by atoms with E-state index in [4.69, 9.17) is 9.47 Å². The largest absolute Gasteiger partial charge is 0.454 e. The molecule has 1 atom stereocenters. The van der Waals surface area contributed by atoms with Crippen molar-refractivity contribution < 1.29 is 27.9 Å². The summed E-state index contributed by atoms with van der Waals surface area (Å²) in [6.45, 7) is -0.360. The average Bonchev–Trinajstić information content (AvgIpc) is 3.08. The molecule has 0 amide bonds. The Labute approximate surface area is 149 Å². The summed E-state index contributed by atoms with van der Waals surface area (Å²) < 4.78 is 37.9. The number of para-hydroxylation sites is 1. The van der Waals surface area contributed by atoms with Crippen LogP contribution in [-0.2, 0) is 16.4 Å². The standard InChI is InChI=1S/C16H16N2O7S/c19-9-12(7-11-5-6-14-15(8-11)25-10-24-14)17-26(22,23)16-4-2-1-3-13(16)18(20)21/h1-6,8,12,17,19H,7,9-10H2/t12-/m1/s1. The second-order valence-corrected chi connectivity index (χ2v) is 7.30. The Bertz CT molecular complexity index is 930. The number of nitrogens with zero attached hydrogens (tertiary/aromatic N) is 1. The number of nitro benzene ring substituents is 1. The number of aliphatic hydroxyl groups excluding tert-OH is 1. The fraction of sp³-hybridized carbons (Fsp3) is 0.250. The molecule has 2 N–H and O–H groups in total. The summed E-state index contributed by atoms with van der Waals surface area (Å²) >= 11 is 0. The molecule has 0 unspecified atom stereocenters. The number of nitrogens with one attached hydrogen (secondary N) is 1. The molecule has 0 saturated heterocycles. The van der Waals surface area contributed by atoms with Gasteiger partial charge in [0.1, 0.15) is 0 Å². The molecule has 10 heteroatoms. The molecule has 0 spiro atoms. The summed E-state index contributed by atoms with van der Waals surface area (Å²) in [6, 6.07) is 9.30. The summed E-state index contributed by atoms with van der Waals surface area (Å²) in [5, 5.41) is 20.6. The lowest BCUT2D eigenvalue weighted by atomic mass is 10.1. The highest BCUT2D eigenvalue weighted by Gasteiger charge is 2.27. The zero-order chi connectivity index (χ0) is 18.7. The fourth-order valence-corrected chi connectivity index (χ4v) is 4.01. The first kappa shape index (κ1) is 18.1. The van der Waals surface area contributed by atoms with Gasteiger partial charge in [0.15, 0.2) is 16.4 Å². The van der Waals surface area contributed by atoms with Gasteiger partial charge in [0.05, 0.1) is 11.5 Å². The summed E-state index contributed by atoms with van der Waals surface area (Å²) in [4.78, 5) is 9.85. The Kier molecular flexibility index (Phi) is 5.07. The minimum absolute atomic E-state index is 0.118. The van der Waals surface area contributed by atoms with Gasteiger partial charge in [-0.2, -0.15) is 0 Å². The van der Waals surface area contributed by atoms with E-state index in [1.807, 2.05) is 0 Å². The quantitative estimate of drug-likeness (QED) is 0.546. The second-order valence-electron chi connectivity index (χ2n) is 5.62. The van der Waals surface area contributed by atoms with Crippen molar-refractivity contribution in [1.82, 2.24) is 4.72 Å². The van der Waals surface area contributed by atoms with Crippen LogP contribution in [0.4, 0.5) is 5.69 Å². The molecule has 138 valence electrons. The Balaban J connectivity index is 1.80. The third-order valence-electron chi connectivity index (χ3n) is 3.81. The molecule has 9 nitrogen and oxygen atoms in total. The van der Waals surface area contributed by atoms with Gasteiger partial charge in [0.25, 0.3) is 5.69 Å². The molecular formula is C16H16N2O7S. The van der Waals surface area contributed by atoms with Crippen molar-refractivity contribution >= 4 is 15.7 Å². The summed E-state index contributed by atoms with van der Waals surface area (Å²) in [6.07, 6.45) is 0.174. The molecular weight excluding hydrogens is 364 g/mol. The number of hydrogen-bond acceptors (Lipinski definition) is 7. The van der Waals surface area contributed by atoms with E-state index in [0.717, 1.165) is 17.7 Å². The van der Waals surface area contributed by atoms with Crippen molar-refractivity contribution in [3.8, 4) is 11.5 Å². The van der Waals surface area contributed by atoms with E-state index in [9.17, 15) is 23.6 Å². The number of sulfonamides is 1. The van der Waals surface area contributed by atoms with Gasteiger partial charge < -0.3 is 14.6 Å². The first-order valence-corrected chi connectivity index (χ1v) is 9.14. The lowest BCUT2D eigenvalue weighted by Crippen LogP contribution is -2.39. The first-order chi connectivity index (χ1) is 12.4. The number of fused-ring (bicyclic) bond motifs is 1. The molecule has 0 radical (unpaired) electrons. The van der Waals surface area contributed by atoms with Crippen LogP contribution in [0.2, 0.25) is 0 Å². The van der Waals surface area contributed by atoms with Gasteiger partial charge in [-0.1, -0.05) is 18.2 Å². The van der Waals surface area contributed by atoms with Gasteiger partial charge in [0, 0.05) is 12.1 Å². The molecule has 3 rings (SSSR count). The molecule has 1 heterocycles. The maximum atomic E-state index is 12.5. The maximum absolute atomic E-state index is 12.5. The van der Waals surface area contributed by atoms with E-state index >= 15 is 0 Å². The molecule has 0 fully saturated rings. The van der Waals surface area contributed by atoms with E-state index in [0.29, 0.717) is 11.5 Å². The van der Waals surface area contributed by atoms with Gasteiger partial charge in [-0.15, -0.1) is 0 Å². The third kappa shape index (κ3) is 3.77. The molecule has 26 heavy (non-hydrogen) atoms. The Hall–Kier alpha value is -2.69. The van der Waals surface area contributed by atoms with E-state index in [1.165, 1.54) is 12.1 Å². The minimum atomic E-state index is -4.19. The van der Waals surface area contributed by atoms with Crippen LogP contribution < -0.4 is 14.2 Å². The smallest absolute Gasteiger partial charge is 0.289 e. The van der Waals surface area contributed by atoms with Crippen molar-refractivity contribution in [2.75, 3.05) is 13.4 Å². The lowest BCUT2D eigenvalue weighted by molar-refractivity contribution is -0.387. The molecule has 0 aliphatic carbocycles. The monoisotopic (exact) mass is 380 g/mol. The number of ether oxygens (including phenoxy) is 2. The number of aliphatic hydroxyl groups is 1. The van der Waals surface area contributed by atoms with Gasteiger partial charge in [-0.25, -0.2) is 13.1 Å². The van der Waals surface area contributed by atoms with Crippen LogP contribution >= 0.6 is 0 Å². The highest BCUT2D eigenvalue weighted by molar-refractivity contribution is 7.89. The van der Waals surface area contributed by atoms with Crippen molar-refractivity contribution in [3.63, 3.8) is 0 Å². The van der Waals surface area contributed by atoms with E-state index in [-0.39, 0.29) is 13.2 Å². The summed E-state index contributed by atoms with van der Waals surface area (Å²) in [5.41, 5.74) is 0.193. The van der Waals surface area contributed by atoms with Gasteiger partial charge in [0.2, 0.25) is 16.8 Å². The predicted molar refractivity (Wildman–Crippen MR) is 90.6 cm³/mol. The number of benzene rings is 2. The third-order valence-corrected chi connectivity index (χ3v) is 5.38. The number of rotatable bonds is 7. The normalized spacial score (nSPS) is 14.2. The van der Waals surface area contributed by atoms with Gasteiger partial charge in [-0.05, 0) is 30.2 Å². The maximum Gasteiger partial charge on any atom is 0.289 e. The molecule has 0 bridgehead atoms. The van der Waals surface area contributed by atoms with E-state index < -0.39 is 38.2 Å². The highest BCUT2D eigenvalue weighted by Crippen LogP contribution is 2.33. The van der Waals surface area contributed by atoms with Crippen LogP contribution in [0.5, 0.6) is 11.5 Å². The van der Waals surface area contributed by atoms with Crippen molar-refractivity contribution in [1.29, 1.82) is 0 Å². The zero-order valence-electron chi connectivity index (χ0n) is 13.5. The Morgan fingerprint density at radius 1 is 1.19 bits per heavy atom. The van der Waals surface area contributed by atoms with Crippen LogP contribution in [0.25, 0.3) is 0 Å². The minimum Gasteiger partial charge on any atom is -0.454 e. The summed E-state index contributed by atoms with van der Waals surface area (Å²) in [7, 11) is -4.19. The second kappa shape index (κ2) is 7.28. The molecule has 0 saturated carbocycles. The average molecular weight is 380 g/mol.